The van der Waals surface area contributed by atoms with Crippen molar-refractivity contribution in [2.45, 2.75) is 85.2 Å². The molecule has 2 aromatic rings. The van der Waals surface area contributed by atoms with Gasteiger partial charge in [0.15, 0.2) is 0 Å². The van der Waals surface area contributed by atoms with Crippen LogP contribution in [-0.2, 0) is 6.42 Å². The minimum absolute atomic E-state index is 0.316. The van der Waals surface area contributed by atoms with Crippen LogP contribution in [0, 0.1) is 0 Å². The van der Waals surface area contributed by atoms with Gasteiger partial charge >= 0.3 is 0 Å². The van der Waals surface area contributed by atoms with E-state index in [0.717, 1.165) is 15.0 Å². The molecule has 0 N–H and O–H groups in total. The zero-order chi connectivity index (χ0) is 19.5. The van der Waals surface area contributed by atoms with Crippen molar-refractivity contribution in [3.63, 3.8) is 0 Å². The first-order valence-corrected chi connectivity index (χ1v) is 11.2. The molecule has 0 radical (unpaired) electrons. The molecule has 0 heterocycles. The average Bonchev–Trinajstić information content (AvgIpc) is 2.53. The molecule has 0 aromatic heterocycles. The van der Waals surface area contributed by atoms with Gasteiger partial charge in [0.05, 0.1) is 0 Å². The zero-order valence-corrected chi connectivity index (χ0v) is 19.0. The van der Waals surface area contributed by atoms with E-state index in [1.54, 1.807) is 0 Å². The Balaban J connectivity index is 2.76. The second-order valence-corrected chi connectivity index (χ2v) is 11.4. The molecule has 0 aliphatic heterocycles. The van der Waals surface area contributed by atoms with Gasteiger partial charge in [-0.2, -0.15) is 0 Å². The lowest BCUT2D eigenvalue weighted by atomic mass is 9.84. The summed E-state index contributed by atoms with van der Waals surface area (Å²) in [6.07, 6.45) is 2.35. The molecule has 0 saturated carbocycles. The second-order valence-electron chi connectivity index (χ2n) is 9.12. The van der Waals surface area contributed by atoms with Crippen molar-refractivity contribution in [3.8, 4) is 11.1 Å². The summed E-state index contributed by atoms with van der Waals surface area (Å²) in [5.41, 5.74) is 7.51. The third-order valence-electron chi connectivity index (χ3n) is 4.79. The Bertz CT molecular complexity index is 732. The van der Waals surface area contributed by atoms with Crippen LogP contribution in [-0.4, -0.2) is 5.16 Å². The molecule has 0 nitrogen and oxygen atoms in total. The lowest BCUT2D eigenvalue weighted by molar-refractivity contribution is 0.799. The van der Waals surface area contributed by atoms with Crippen molar-refractivity contribution in [2.24, 2.45) is 0 Å². The highest BCUT2D eigenvalue weighted by Crippen LogP contribution is 2.39. The van der Waals surface area contributed by atoms with Crippen molar-refractivity contribution in [2.75, 3.05) is 0 Å². The predicted molar refractivity (Wildman–Crippen MR) is 122 cm³/mol. The van der Waals surface area contributed by atoms with E-state index in [1.807, 2.05) is 0 Å². The normalized spacial score (nSPS) is 12.7. The minimum Gasteiger partial charge on any atom is -0.0842 e. The molecule has 1 heteroatoms. The van der Waals surface area contributed by atoms with Crippen LogP contribution in [0.1, 0.15) is 90.3 Å². The maximum absolute atomic E-state index is 2.48. The maximum atomic E-state index is 2.48. The molecule has 0 fully saturated rings. The standard InChI is InChI=1S/C25H37P/c1-9-12-19-15-20(17(2)3)16-22(18(4)5)24(19)21-13-10-11-14-23(21)26-25(6,7)8/h10-11,13-18,26H,9,12H2,1-8H3. The second kappa shape index (κ2) is 8.71. The van der Waals surface area contributed by atoms with Crippen LogP contribution in [0.4, 0.5) is 0 Å². The van der Waals surface area contributed by atoms with Crippen LogP contribution in [0.15, 0.2) is 36.4 Å². The van der Waals surface area contributed by atoms with Crippen LogP contribution in [0.2, 0.25) is 0 Å². The van der Waals surface area contributed by atoms with E-state index in [2.05, 4.69) is 91.8 Å². The molecule has 0 aliphatic rings. The molecule has 0 aliphatic carbocycles. The van der Waals surface area contributed by atoms with Crippen molar-refractivity contribution < 1.29 is 0 Å². The molecule has 26 heavy (non-hydrogen) atoms. The molecule has 1 atom stereocenters. The van der Waals surface area contributed by atoms with Crippen molar-refractivity contribution in [1.82, 2.24) is 0 Å². The Morgan fingerprint density at radius 1 is 0.923 bits per heavy atom. The van der Waals surface area contributed by atoms with Crippen LogP contribution in [0.25, 0.3) is 11.1 Å². The molecule has 0 bridgehead atoms. The highest BCUT2D eigenvalue weighted by molar-refractivity contribution is 7.49. The molecular formula is C25H37P. The SMILES string of the molecule is CCCc1cc(C(C)C)cc(C(C)C)c1-c1ccccc1PC(C)(C)C. The van der Waals surface area contributed by atoms with Gasteiger partial charge in [0.25, 0.3) is 0 Å². The van der Waals surface area contributed by atoms with Gasteiger partial charge in [-0.15, -0.1) is 0 Å². The topological polar surface area (TPSA) is 0 Å². The average molecular weight is 369 g/mol. The Kier molecular flexibility index (Phi) is 7.09. The fraction of sp³-hybridized carbons (Fsp3) is 0.520. The van der Waals surface area contributed by atoms with E-state index in [1.165, 1.54) is 39.5 Å². The van der Waals surface area contributed by atoms with Crippen LogP contribution in [0.5, 0.6) is 0 Å². The van der Waals surface area contributed by atoms with Crippen molar-refractivity contribution >= 4 is 13.9 Å². The Hall–Kier alpha value is -1.13. The van der Waals surface area contributed by atoms with Gasteiger partial charge < -0.3 is 0 Å². The van der Waals surface area contributed by atoms with Gasteiger partial charge in [-0.3, -0.25) is 0 Å². The quantitative estimate of drug-likeness (QED) is 0.459. The highest BCUT2D eigenvalue weighted by Gasteiger charge is 2.20. The van der Waals surface area contributed by atoms with E-state index in [-0.39, 0.29) is 0 Å². The summed E-state index contributed by atoms with van der Waals surface area (Å²) in [5.74, 6) is 1.11. The number of aryl methyl sites for hydroxylation is 1. The summed E-state index contributed by atoms with van der Waals surface area (Å²) in [6, 6.07) is 14.1. The lowest BCUT2D eigenvalue weighted by Gasteiger charge is -2.25. The summed E-state index contributed by atoms with van der Waals surface area (Å²) in [6.45, 7) is 18.6. The fourth-order valence-corrected chi connectivity index (χ4v) is 4.88. The molecule has 0 spiro atoms. The lowest BCUT2D eigenvalue weighted by Crippen LogP contribution is -2.14. The van der Waals surface area contributed by atoms with E-state index in [0.29, 0.717) is 17.0 Å². The van der Waals surface area contributed by atoms with E-state index in [4.69, 9.17) is 0 Å². The first kappa shape index (κ1) is 21.2. The van der Waals surface area contributed by atoms with E-state index >= 15 is 0 Å². The number of benzene rings is 2. The highest BCUT2D eigenvalue weighted by atomic mass is 31.1. The Morgan fingerprint density at radius 2 is 1.58 bits per heavy atom. The number of hydrogen-bond acceptors (Lipinski definition) is 0. The van der Waals surface area contributed by atoms with Crippen LogP contribution < -0.4 is 5.30 Å². The van der Waals surface area contributed by atoms with Crippen molar-refractivity contribution in [3.05, 3.63) is 53.1 Å². The first-order chi connectivity index (χ1) is 12.1. The summed E-state index contributed by atoms with van der Waals surface area (Å²) in [7, 11) is 0.819. The van der Waals surface area contributed by atoms with Crippen LogP contribution >= 0.6 is 8.58 Å². The molecule has 2 aromatic carbocycles. The number of rotatable bonds is 6. The molecule has 142 valence electrons. The maximum Gasteiger partial charge on any atom is -0.0104 e. The van der Waals surface area contributed by atoms with Gasteiger partial charge in [-0.05, 0) is 56.5 Å². The third-order valence-corrected chi connectivity index (χ3v) is 6.24. The zero-order valence-electron chi connectivity index (χ0n) is 18.0. The van der Waals surface area contributed by atoms with E-state index in [9.17, 15) is 0 Å². The van der Waals surface area contributed by atoms with Gasteiger partial charge in [0, 0.05) is 0 Å². The van der Waals surface area contributed by atoms with Gasteiger partial charge in [-0.1, -0.05) is 107 Å². The summed E-state index contributed by atoms with van der Waals surface area (Å²) >= 11 is 0. The van der Waals surface area contributed by atoms with Gasteiger partial charge in [0.1, 0.15) is 0 Å². The fourth-order valence-electron chi connectivity index (χ4n) is 3.55. The summed E-state index contributed by atoms with van der Waals surface area (Å²) in [5, 5.41) is 1.83. The van der Waals surface area contributed by atoms with Crippen molar-refractivity contribution in [1.29, 1.82) is 0 Å². The molecule has 0 amide bonds. The Morgan fingerprint density at radius 3 is 2.12 bits per heavy atom. The molecule has 1 unspecified atom stereocenters. The number of hydrogen-bond donors (Lipinski definition) is 0. The largest absolute Gasteiger partial charge is 0.0842 e. The predicted octanol–water partition coefficient (Wildman–Crippen LogP) is 7.66. The smallest absolute Gasteiger partial charge is 0.0104 e. The van der Waals surface area contributed by atoms with Gasteiger partial charge in [-0.25, -0.2) is 0 Å². The summed E-state index contributed by atoms with van der Waals surface area (Å²) in [4.78, 5) is 0. The molecular weight excluding hydrogens is 331 g/mol. The van der Waals surface area contributed by atoms with Crippen LogP contribution in [0.3, 0.4) is 0 Å². The van der Waals surface area contributed by atoms with Gasteiger partial charge in [0.2, 0.25) is 0 Å². The Labute approximate surface area is 163 Å². The summed E-state index contributed by atoms with van der Waals surface area (Å²) < 4.78 is 0. The third kappa shape index (κ3) is 5.20. The monoisotopic (exact) mass is 368 g/mol. The first-order valence-electron chi connectivity index (χ1n) is 10.2. The van der Waals surface area contributed by atoms with E-state index < -0.39 is 0 Å². The minimum atomic E-state index is 0.316. The molecule has 0 saturated heterocycles. The molecule has 2 rings (SSSR count).